The number of nitrogen functional groups attached to an aromatic ring is 1. The molecule has 96 valence electrons. The molecule has 0 saturated carbocycles. The van der Waals surface area contributed by atoms with Crippen molar-refractivity contribution in [2.75, 3.05) is 5.73 Å². The van der Waals surface area contributed by atoms with Gasteiger partial charge in [-0.3, -0.25) is 0 Å². The van der Waals surface area contributed by atoms with Crippen molar-refractivity contribution in [2.45, 2.75) is 10.8 Å². The van der Waals surface area contributed by atoms with E-state index in [1.165, 1.54) is 11.3 Å². The SMILES string of the molecule is Nc1ccccc1CNS(=O)(=O)c1sccc1Br. The minimum Gasteiger partial charge on any atom is -0.398 e. The zero-order chi connectivity index (χ0) is 13.2. The fourth-order valence-electron chi connectivity index (χ4n) is 1.41. The number of nitrogens with two attached hydrogens (primary N) is 1. The zero-order valence-electron chi connectivity index (χ0n) is 9.26. The van der Waals surface area contributed by atoms with Gasteiger partial charge in [-0.15, -0.1) is 11.3 Å². The Kier molecular flexibility index (Phi) is 4.06. The summed E-state index contributed by atoms with van der Waals surface area (Å²) in [6, 6.07) is 8.87. The number of sulfonamides is 1. The fourth-order valence-corrected chi connectivity index (χ4v) is 4.79. The number of hydrogen-bond donors (Lipinski definition) is 2. The third-order valence-corrected chi connectivity index (χ3v) is 6.41. The van der Waals surface area contributed by atoms with E-state index >= 15 is 0 Å². The van der Waals surface area contributed by atoms with Crippen molar-refractivity contribution in [3.05, 3.63) is 45.7 Å². The van der Waals surface area contributed by atoms with Gasteiger partial charge in [0.1, 0.15) is 4.21 Å². The van der Waals surface area contributed by atoms with Crippen LogP contribution in [0.2, 0.25) is 0 Å². The van der Waals surface area contributed by atoms with Gasteiger partial charge >= 0.3 is 0 Å². The van der Waals surface area contributed by atoms with Gasteiger partial charge in [0.2, 0.25) is 0 Å². The van der Waals surface area contributed by atoms with Gasteiger partial charge in [-0.1, -0.05) is 18.2 Å². The van der Waals surface area contributed by atoms with E-state index in [1.807, 2.05) is 12.1 Å². The molecule has 7 heteroatoms. The molecule has 0 spiro atoms. The molecule has 0 unspecified atom stereocenters. The van der Waals surface area contributed by atoms with Crippen molar-refractivity contribution in [3.8, 4) is 0 Å². The summed E-state index contributed by atoms with van der Waals surface area (Å²) < 4.78 is 27.4. The van der Waals surface area contributed by atoms with Crippen LogP contribution >= 0.6 is 27.3 Å². The molecule has 3 N–H and O–H groups in total. The van der Waals surface area contributed by atoms with Crippen LogP contribution in [-0.2, 0) is 16.6 Å². The highest BCUT2D eigenvalue weighted by atomic mass is 79.9. The number of nitrogens with one attached hydrogen (secondary N) is 1. The summed E-state index contributed by atoms with van der Waals surface area (Å²) in [6.07, 6.45) is 0. The first kappa shape index (κ1) is 13.5. The summed E-state index contributed by atoms with van der Waals surface area (Å²) in [6.45, 7) is 0.180. The molecule has 0 bridgehead atoms. The molecule has 0 atom stereocenters. The first-order valence-corrected chi connectivity index (χ1v) is 8.22. The smallest absolute Gasteiger partial charge is 0.251 e. The molecule has 4 nitrogen and oxygen atoms in total. The maximum atomic E-state index is 12.0. The van der Waals surface area contributed by atoms with Crippen LogP contribution in [-0.4, -0.2) is 8.42 Å². The number of anilines is 1. The highest BCUT2D eigenvalue weighted by Crippen LogP contribution is 2.27. The molecule has 0 fully saturated rings. The molecule has 18 heavy (non-hydrogen) atoms. The third-order valence-electron chi connectivity index (χ3n) is 2.34. The van der Waals surface area contributed by atoms with Crippen LogP contribution in [0.4, 0.5) is 5.69 Å². The molecule has 0 amide bonds. The zero-order valence-corrected chi connectivity index (χ0v) is 12.5. The van der Waals surface area contributed by atoms with Gasteiger partial charge < -0.3 is 5.73 Å². The molecular formula is C11H11BrN2O2S2. The molecule has 2 aromatic rings. The summed E-state index contributed by atoms with van der Waals surface area (Å²) >= 11 is 4.38. The van der Waals surface area contributed by atoms with E-state index in [1.54, 1.807) is 23.6 Å². The Morgan fingerprint density at radius 3 is 2.61 bits per heavy atom. The number of halogens is 1. The van der Waals surface area contributed by atoms with Crippen molar-refractivity contribution in [1.29, 1.82) is 0 Å². The molecule has 2 rings (SSSR count). The minimum atomic E-state index is -3.50. The molecule has 0 radical (unpaired) electrons. The highest BCUT2D eigenvalue weighted by molar-refractivity contribution is 9.10. The van der Waals surface area contributed by atoms with Crippen LogP contribution in [0, 0.1) is 0 Å². The van der Waals surface area contributed by atoms with E-state index < -0.39 is 10.0 Å². The van der Waals surface area contributed by atoms with Crippen molar-refractivity contribution < 1.29 is 8.42 Å². The summed E-state index contributed by atoms with van der Waals surface area (Å²) in [5.74, 6) is 0. The Labute approximate surface area is 118 Å². The molecule has 1 aromatic heterocycles. The van der Waals surface area contributed by atoms with Crippen LogP contribution in [0.1, 0.15) is 5.56 Å². The predicted octanol–water partition coefficient (Wildman–Crippen LogP) is 2.57. The van der Waals surface area contributed by atoms with Crippen molar-refractivity contribution in [1.82, 2.24) is 4.72 Å². The van der Waals surface area contributed by atoms with Gasteiger partial charge in [0.15, 0.2) is 0 Å². The standard InChI is InChI=1S/C11H11BrN2O2S2/c12-9-5-6-17-11(9)18(15,16)14-7-8-3-1-2-4-10(8)13/h1-6,14H,7,13H2. The van der Waals surface area contributed by atoms with Crippen LogP contribution in [0.5, 0.6) is 0 Å². The number of hydrogen-bond acceptors (Lipinski definition) is 4. The third kappa shape index (κ3) is 2.92. The maximum Gasteiger partial charge on any atom is 0.251 e. The number of thiophene rings is 1. The van der Waals surface area contributed by atoms with E-state index in [0.717, 1.165) is 5.56 Å². The lowest BCUT2D eigenvalue weighted by Crippen LogP contribution is -2.23. The van der Waals surface area contributed by atoms with E-state index in [0.29, 0.717) is 10.2 Å². The topological polar surface area (TPSA) is 72.2 Å². The fraction of sp³-hybridized carbons (Fsp3) is 0.0909. The Balaban J connectivity index is 2.16. The number of para-hydroxylation sites is 1. The largest absolute Gasteiger partial charge is 0.398 e. The van der Waals surface area contributed by atoms with E-state index in [-0.39, 0.29) is 10.8 Å². The van der Waals surface area contributed by atoms with Crippen LogP contribution in [0.15, 0.2) is 44.4 Å². The van der Waals surface area contributed by atoms with Crippen LogP contribution in [0.3, 0.4) is 0 Å². The van der Waals surface area contributed by atoms with Gasteiger partial charge in [0, 0.05) is 16.7 Å². The van der Waals surface area contributed by atoms with Crippen molar-refractivity contribution in [2.24, 2.45) is 0 Å². The van der Waals surface area contributed by atoms with Crippen LogP contribution in [0.25, 0.3) is 0 Å². The van der Waals surface area contributed by atoms with E-state index in [9.17, 15) is 8.42 Å². The molecule has 0 saturated heterocycles. The predicted molar refractivity (Wildman–Crippen MR) is 76.9 cm³/mol. The molecule has 0 aliphatic rings. The Hall–Kier alpha value is -0.890. The lowest BCUT2D eigenvalue weighted by Gasteiger charge is -2.07. The van der Waals surface area contributed by atoms with Gasteiger partial charge in [0.05, 0.1) is 0 Å². The van der Waals surface area contributed by atoms with Gasteiger partial charge in [-0.05, 0) is 39.0 Å². The molecule has 1 aromatic carbocycles. The van der Waals surface area contributed by atoms with Crippen molar-refractivity contribution >= 4 is 43.0 Å². The maximum absolute atomic E-state index is 12.0. The quantitative estimate of drug-likeness (QED) is 0.835. The lowest BCUT2D eigenvalue weighted by atomic mass is 10.2. The number of rotatable bonds is 4. The normalized spacial score (nSPS) is 11.6. The lowest BCUT2D eigenvalue weighted by molar-refractivity contribution is 0.583. The van der Waals surface area contributed by atoms with E-state index in [4.69, 9.17) is 5.73 Å². The second-order valence-electron chi connectivity index (χ2n) is 3.58. The van der Waals surface area contributed by atoms with Gasteiger partial charge in [-0.2, -0.15) is 0 Å². The average molecular weight is 347 g/mol. The highest BCUT2D eigenvalue weighted by Gasteiger charge is 2.18. The monoisotopic (exact) mass is 346 g/mol. The van der Waals surface area contributed by atoms with Crippen LogP contribution < -0.4 is 10.5 Å². The molecular weight excluding hydrogens is 336 g/mol. The summed E-state index contributed by atoms with van der Waals surface area (Å²) in [5, 5.41) is 1.72. The summed E-state index contributed by atoms with van der Waals surface area (Å²) in [7, 11) is -3.50. The van der Waals surface area contributed by atoms with Gasteiger partial charge in [-0.25, -0.2) is 13.1 Å². The first-order valence-electron chi connectivity index (χ1n) is 5.07. The Morgan fingerprint density at radius 2 is 2.00 bits per heavy atom. The molecule has 0 aliphatic carbocycles. The van der Waals surface area contributed by atoms with Crippen molar-refractivity contribution in [3.63, 3.8) is 0 Å². The van der Waals surface area contributed by atoms with Gasteiger partial charge in [0.25, 0.3) is 10.0 Å². The minimum absolute atomic E-state index is 0.180. The Morgan fingerprint density at radius 1 is 1.28 bits per heavy atom. The molecule has 0 aliphatic heterocycles. The summed E-state index contributed by atoms with van der Waals surface area (Å²) in [5.41, 5.74) is 7.09. The second kappa shape index (κ2) is 5.40. The average Bonchev–Trinajstić information content (AvgIpc) is 2.75. The molecule has 1 heterocycles. The van der Waals surface area contributed by atoms with E-state index in [2.05, 4.69) is 20.7 Å². The Bertz CT molecular complexity index is 653. The second-order valence-corrected chi connectivity index (χ2v) is 7.31. The summed E-state index contributed by atoms with van der Waals surface area (Å²) in [4.78, 5) is 0. The first-order chi connectivity index (χ1) is 8.50. The number of benzene rings is 1.